The number of rotatable bonds is 4. The Bertz CT molecular complexity index is 428. The predicted molar refractivity (Wildman–Crippen MR) is 85.0 cm³/mol. The van der Waals surface area contributed by atoms with Gasteiger partial charge in [0.1, 0.15) is 0 Å². The molecular weight excluding hydrogens is 244 g/mol. The first kappa shape index (κ1) is 14.1. The Labute approximate surface area is 123 Å². The number of piperazine rings is 1. The van der Waals surface area contributed by atoms with Gasteiger partial charge in [-0.2, -0.15) is 0 Å². The van der Waals surface area contributed by atoms with E-state index in [1.165, 1.54) is 24.9 Å². The van der Waals surface area contributed by atoms with Gasteiger partial charge < -0.3 is 5.32 Å². The zero-order chi connectivity index (χ0) is 14.1. The summed E-state index contributed by atoms with van der Waals surface area (Å²) in [5.74, 6) is 1.50. The van der Waals surface area contributed by atoms with Crippen LogP contribution in [0.25, 0.3) is 0 Å². The molecular formula is C18H28N2. The van der Waals surface area contributed by atoms with Gasteiger partial charge >= 0.3 is 0 Å². The van der Waals surface area contributed by atoms with Crippen molar-refractivity contribution in [2.45, 2.75) is 57.7 Å². The van der Waals surface area contributed by atoms with E-state index in [9.17, 15) is 0 Å². The van der Waals surface area contributed by atoms with Crippen LogP contribution in [0.3, 0.4) is 0 Å². The molecule has 1 saturated heterocycles. The third-order valence-corrected chi connectivity index (χ3v) is 5.18. The molecule has 110 valence electrons. The highest BCUT2D eigenvalue weighted by atomic mass is 15.3. The molecule has 2 fully saturated rings. The number of nitrogens with one attached hydrogen (secondary N) is 1. The second-order valence-corrected chi connectivity index (χ2v) is 6.84. The smallest absolute Gasteiger partial charge is 0.0221 e. The first-order valence-electron chi connectivity index (χ1n) is 8.24. The standard InChI is InChI=1S/C18H28N2/c1-4-15-11-19-17(13(2)3)12-20(15)18-10-16(18)14-8-6-5-7-9-14/h5-9,13,15-19H,4,10-12H2,1-3H3. The van der Waals surface area contributed by atoms with E-state index in [4.69, 9.17) is 0 Å². The first-order chi connectivity index (χ1) is 9.70. The van der Waals surface area contributed by atoms with Gasteiger partial charge in [-0.1, -0.05) is 51.1 Å². The summed E-state index contributed by atoms with van der Waals surface area (Å²) in [5.41, 5.74) is 1.53. The lowest BCUT2D eigenvalue weighted by Gasteiger charge is -2.42. The van der Waals surface area contributed by atoms with Gasteiger partial charge in [0.25, 0.3) is 0 Å². The largest absolute Gasteiger partial charge is 0.311 e. The first-order valence-corrected chi connectivity index (χ1v) is 8.24. The molecule has 2 nitrogen and oxygen atoms in total. The Balaban J connectivity index is 1.68. The van der Waals surface area contributed by atoms with E-state index >= 15 is 0 Å². The van der Waals surface area contributed by atoms with E-state index in [2.05, 4.69) is 61.3 Å². The monoisotopic (exact) mass is 272 g/mol. The molecule has 4 unspecified atom stereocenters. The van der Waals surface area contributed by atoms with Crippen molar-refractivity contribution in [3.8, 4) is 0 Å². The molecule has 3 rings (SSSR count). The van der Waals surface area contributed by atoms with Crippen LogP contribution in [0.1, 0.15) is 45.1 Å². The lowest BCUT2D eigenvalue weighted by Crippen LogP contribution is -2.58. The fraction of sp³-hybridized carbons (Fsp3) is 0.667. The van der Waals surface area contributed by atoms with Gasteiger partial charge in [-0.3, -0.25) is 4.90 Å². The minimum Gasteiger partial charge on any atom is -0.311 e. The van der Waals surface area contributed by atoms with Crippen LogP contribution in [-0.4, -0.2) is 36.1 Å². The molecule has 1 saturated carbocycles. The SMILES string of the molecule is CCC1CNC(C(C)C)CN1C1CC1c1ccccc1. The Morgan fingerprint density at radius 1 is 1.25 bits per heavy atom. The quantitative estimate of drug-likeness (QED) is 0.905. The molecule has 1 aromatic rings. The van der Waals surface area contributed by atoms with Crippen LogP contribution in [0.15, 0.2) is 30.3 Å². The molecule has 20 heavy (non-hydrogen) atoms. The van der Waals surface area contributed by atoms with Crippen molar-refractivity contribution < 1.29 is 0 Å². The molecule has 2 heteroatoms. The van der Waals surface area contributed by atoms with Crippen LogP contribution in [0, 0.1) is 5.92 Å². The molecule has 0 bridgehead atoms. The van der Waals surface area contributed by atoms with Crippen molar-refractivity contribution in [2.75, 3.05) is 13.1 Å². The van der Waals surface area contributed by atoms with E-state index in [1.54, 1.807) is 0 Å². The average molecular weight is 272 g/mol. The summed E-state index contributed by atoms with van der Waals surface area (Å²) in [5, 5.41) is 3.75. The average Bonchev–Trinajstić information content (AvgIpc) is 3.27. The van der Waals surface area contributed by atoms with Crippen LogP contribution >= 0.6 is 0 Å². The zero-order valence-corrected chi connectivity index (χ0v) is 13.0. The van der Waals surface area contributed by atoms with Crippen molar-refractivity contribution in [2.24, 2.45) is 5.92 Å². The summed E-state index contributed by atoms with van der Waals surface area (Å²) >= 11 is 0. The molecule has 0 radical (unpaired) electrons. The molecule has 2 aliphatic rings. The highest BCUT2D eigenvalue weighted by molar-refractivity contribution is 5.28. The summed E-state index contributed by atoms with van der Waals surface area (Å²) < 4.78 is 0. The van der Waals surface area contributed by atoms with Gasteiger partial charge in [-0.25, -0.2) is 0 Å². The normalized spacial score (nSPS) is 34.4. The van der Waals surface area contributed by atoms with Crippen LogP contribution in [0.5, 0.6) is 0 Å². The van der Waals surface area contributed by atoms with E-state index in [0.717, 1.165) is 30.5 Å². The fourth-order valence-electron chi connectivity index (χ4n) is 3.68. The minimum atomic E-state index is 0.662. The summed E-state index contributed by atoms with van der Waals surface area (Å²) in [7, 11) is 0. The van der Waals surface area contributed by atoms with Gasteiger partial charge in [0, 0.05) is 37.1 Å². The number of benzene rings is 1. The van der Waals surface area contributed by atoms with Crippen molar-refractivity contribution in [1.82, 2.24) is 10.2 Å². The third kappa shape index (κ3) is 2.77. The maximum Gasteiger partial charge on any atom is 0.0221 e. The van der Waals surface area contributed by atoms with Gasteiger partial charge in [-0.15, -0.1) is 0 Å². The van der Waals surface area contributed by atoms with Gasteiger partial charge in [0.2, 0.25) is 0 Å². The Hall–Kier alpha value is -0.860. The van der Waals surface area contributed by atoms with Crippen LogP contribution in [0.2, 0.25) is 0 Å². The molecule has 1 aliphatic carbocycles. The van der Waals surface area contributed by atoms with Crippen molar-refractivity contribution in [3.63, 3.8) is 0 Å². The lowest BCUT2D eigenvalue weighted by molar-refractivity contribution is 0.101. The van der Waals surface area contributed by atoms with Gasteiger partial charge in [0.05, 0.1) is 0 Å². The zero-order valence-electron chi connectivity index (χ0n) is 13.0. The molecule has 1 aliphatic heterocycles. The molecule has 0 amide bonds. The number of hydrogen-bond acceptors (Lipinski definition) is 2. The Morgan fingerprint density at radius 3 is 2.65 bits per heavy atom. The summed E-state index contributed by atoms with van der Waals surface area (Å²) in [6.45, 7) is 9.39. The van der Waals surface area contributed by atoms with Crippen molar-refractivity contribution >= 4 is 0 Å². The topological polar surface area (TPSA) is 15.3 Å². The highest BCUT2D eigenvalue weighted by Crippen LogP contribution is 2.46. The second kappa shape index (κ2) is 5.87. The molecule has 1 aromatic carbocycles. The second-order valence-electron chi connectivity index (χ2n) is 6.84. The number of nitrogens with zero attached hydrogens (tertiary/aromatic N) is 1. The van der Waals surface area contributed by atoms with Crippen molar-refractivity contribution in [3.05, 3.63) is 35.9 Å². The maximum absolute atomic E-state index is 3.75. The van der Waals surface area contributed by atoms with Gasteiger partial charge in [0.15, 0.2) is 0 Å². The minimum absolute atomic E-state index is 0.662. The van der Waals surface area contributed by atoms with E-state index in [1.807, 2.05) is 0 Å². The fourth-order valence-corrected chi connectivity index (χ4v) is 3.68. The van der Waals surface area contributed by atoms with E-state index in [0.29, 0.717) is 6.04 Å². The lowest BCUT2D eigenvalue weighted by atomic mass is 9.98. The molecule has 1 N–H and O–H groups in total. The van der Waals surface area contributed by atoms with E-state index < -0.39 is 0 Å². The summed E-state index contributed by atoms with van der Waals surface area (Å²) in [4.78, 5) is 2.80. The summed E-state index contributed by atoms with van der Waals surface area (Å²) in [6.07, 6.45) is 2.61. The molecule has 4 atom stereocenters. The van der Waals surface area contributed by atoms with Crippen LogP contribution in [0.4, 0.5) is 0 Å². The molecule has 0 aromatic heterocycles. The Morgan fingerprint density at radius 2 is 2.00 bits per heavy atom. The number of hydrogen-bond donors (Lipinski definition) is 1. The summed E-state index contributed by atoms with van der Waals surface area (Å²) in [6, 6.07) is 13.2. The van der Waals surface area contributed by atoms with Crippen LogP contribution in [-0.2, 0) is 0 Å². The highest BCUT2D eigenvalue weighted by Gasteiger charge is 2.46. The molecule has 1 heterocycles. The van der Waals surface area contributed by atoms with Crippen molar-refractivity contribution in [1.29, 1.82) is 0 Å². The third-order valence-electron chi connectivity index (χ3n) is 5.18. The molecule has 0 spiro atoms. The Kier molecular flexibility index (Phi) is 4.13. The maximum atomic E-state index is 3.75. The van der Waals surface area contributed by atoms with Crippen LogP contribution < -0.4 is 5.32 Å². The van der Waals surface area contributed by atoms with Gasteiger partial charge in [-0.05, 0) is 24.3 Å². The van der Waals surface area contributed by atoms with E-state index in [-0.39, 0.29) is 0 Å². The predicted octanol–water partition coefficient (Wildman–Crippen LogP) is 3.25.